The molecule has 0 aliphatic carbocycles. The second-order valence-corrected chi connectivity index (χ2v) is 6.65. The lowest BCUT2D eigenvalue weighted by Gasteiger charge is -2.07. The Morgan fingerprint density at radius 2 is 1.76 bits per heavy atom. The predicted molar refractivity (Wildman–Crippen MR) is 108 cm³/mol. The Morgan fingerprint density at radius 3 is 2.45 bits per heavy atom. The minimum absolute atomic E-state index is 0.177. The van der Waals surface area contributed by atoms with E-state index >= 15 is 0 Å². The van der Waals surface area contributed by atoms with Crippen LogP contribution in [0.3, 0.4) is 0 Å². The summed E-state index contributed by atoms with van der Waals surface area (Å²) in [5, 5.41) is 11.4. The summed E-state index contributed by atoms with van der Waals surface area (Å²) in [5.41, 5.74) is 4.04. The van der Waals surface area contributed by atoms with Crippen molar-refractivity contribution in [1.29, 1.82) is 0 Å². The highest BCUT2D eigenvalue weighted by molar-refractivity contribution is 5.95. The van der Waals surface area contributed by atoms with Crippen LogP contribution in [0.1, 0.15) is 21.6 Å². The molecular formula is C22H20FN5O. The van der Waals surface area contributed by atoms with Gasteiger partial charge in [0.2, 0.25) is 0 Å². The highest BCUT2D eigenvalue weighted by Crippen LogP contribution is 2.15. The standard InChI is InChI=1S/C22H20FN5O/c1-16-21(15-26-28(16)20-9-5-18(23)6-10-20)22(29)24-13-11-17-3-7-19(8-4-17)27-14-2-12-25-27/h2-10,12,14-15H,11,13H2,1H3,(H,24,29). The zero-order chi connectivity index (χ0) is 20.2. The van der Waals surface area contributed by atoms with Gasteiger partial charge in [-0.3, -0.25) is 4.79 Å². The van der Waals surface area contributed by atoms with Gasteiger partial charge < -0.3 is 5.32 Å². The SMILES string of the molecule is Cc1c(C(=O)NCCc2ccc(-n3cccn3)cc2)cnn1-c1ccc(F)cc1. The summed E-state index contributed by atoms with van der Waals surface area (Å²) in [5.74, 6) is -0.488. The molecule has 0 aliphatic rings. The van der Waals surface area contributed by atoms with E-state index in [1.807, 2.05) is 43.5 Å². The van der Waals surface area contributed by atoms with Gasteiger partial charge in [0.15, 0.2) is 0 Å². The van der Waals surface area contributed by atoms with Gasteiger partial charge in [0.05, 0.1) is 28.8 Å². The highest BCUT2D eigenvalue weighted by atomic mass is 19.1. The summed E-state index contributed by atoms with van der Waals surface area (Å²) in [6.45, 7) is 2.33. The molecule has 1 amide bonds. The third-order valence-electron chi connectivity index (χ3n) is 4.73. The second kappa shape index (κ2) is 8.10. The molecule has 2 aromatic carbocycles. The van der Waals surface area contributed by atoms with E-state index in [0.29, 0.717) is 23.5 Å². The number of amides is 1. The predicted octanol–water partition coefficient (Wildman–Crippen LogP) is 3.48. The molecule has 2 heterocycles. The molecule has 4 rings (SSSR count). The van der Waals surface area contributed by atoms with E-state index < -0.39 is 0 Å². The van der Waals surface area contributed by atoms with Crippen LogP contribution in [0.2, 0.25) is 0 Å². The van der Waals surface area contributed by atoms with E-state index in [1.165, 1.54) is 18.3 Å². The van der Waals surface area contributed by atoms with Crippen molar-refractivity contribution in [1.82, 2.24) is 24.9 Å². The average Bonchev–Trinajstić information content (AvgIpc) is 3.39. The number of rotatable bonds is 6. The van der Waals surface area contributed by atoms with E-state index in [9.17, 15) is 9.18 Å². The number of aromatic nitrogens is 4. The molecule has 2 aromatic heterocycles. The lowest BCUT2D eigenvalue weighted by molar-refractivity contribution is 0.0953. The molecule has 4 aromatic rings. The Morgan fingerprint density at radius 1 is 1.03 bits per heavy atom. The summed E-state index contributed by atoms with van der Waals surface area (Å²) in [6.07, 6.45) is 5.89. The Balaban J connectivity index is 1.36. The molecule has 0 radical (unpaired) electrons. The van der Waals surface area contributed by atoms with E-state index in [1.54, 1.807) is 27.7 Å². The topological polar surface area (TPSA) is 64.7 Å². The number of nitrogens with zero attached hydrogens (tertiary/aromatic N) is 4. The van der Waals surface area contributed by atoms with Crippen LogP contribution in [0.4, 0.5) is 4.39 Å². The molecule has 0 aliphatic heterocycles. The smallest absolute Gasteiger partial charge is 0.254 e. The van der Waals surface area contributed by atoms with Crippen LogP contribution in [0.25, 0.3) is 11.4 Å². The first kappa shape index (κ1) is 18.6. The molecule has 0 spiro atoms. The summed E-state index contributed by atoms with van der Waals surface area (Å²) in [6, 6.07) is 15.9. The van der Waals surface area contributed by atoms with Crippen molar-refractivity contribution in [2.45, 2.75) is 13.3 Å². The van der Waals surface area contributed by atoms with E-state index in [-0.39, 0.29) is 11.7 Å². The number of nitrogens with one attached hydrogen (secondary N) is 1. The highest BCUT2D eigenvalue weighted by Gasteiger charge is 2.14. The number of hydrogen-bond donors (Lipinski definition) is 1. The Kier molecular flexibility index (Phi) is 5.20. The van der Waals surface area contributed by atoms with E-state index in [4.69, 9.17) is 0 Å². The first-order valence-corrected chi connectivity index (χ1v) is 9.29. The van der Waals surface area contributed by atoms with Gasteiger partial charge in [0.1, 0.15) is 5.82 Å². The van der Waals surface area contributed by atoms with Crippen molar-refractivity contribution in [2.75, 3.05) is 6.54 Å². The average molecular weight is 389 g/mol. The lowest BCUT2D eigenvalue weighted by atomic mass is 10.1. The molecule has 146 valence electrons. The fourth-order valence-electron chi connectivity index (χ4n) is 3.13. The molecule has 0 unspecified atom stereocenters. The van der Waals surface area contributed by atoms with Crippen LogP contribution >= 0.6 is 0 Å². The van der Waals surface area contributed by atoms with E-state index in [0.717, 1.165) is 17.7 Å². The van der Waals surface area contributed by atoms with Crippen LogP contribution in [0.15, 0.2) is 73.2 Å². The largest absolute Gasteiger partial charge is 0.352 e. The quantitative estimate of drug-likeness (QED) is 0.549. The zero-order valence-corrected chi connectivity index (χ0v) is 15.9. The molecule has 0 bridgehead atoms. The molecule has 0 atom stereocenters. The van der Waals surface area contributed by atoms with Crippen LogP contribution in [0.5, 0.6) is 0 Å². The van der Waals surface area contributed by atoms with Crippen molar-refractivity contribution in [3.8, 4) is 11.4 Å². The van der Waals surface area contributed by atoms with Gasteiger partial charge in [0.25, 0.3) is 5.91 Å². The van der Waals surface area contributed by atoms with Gasteiger partial charge in [0, 0.05) is 18.9 Å². The second-order valence-electron chi connectivity index (χ2n) is 6.65. The van der Waals surface area contributed by atoms with Gasteiger partial charge in [-0.25, -0.2) is 13.8 Å². The zero-order valence-electron chi connectivity index (χ0n) is 15.9. The summed E-state index contributed by atoms with van der Waals surface area (Å²) in [4.78, 5) is 12.5. The van der Waals surface area contributed by atoms with Gasteiger partial charge in [-0.2, -0.15) is 10.2 Å². The minimum atomic E-state index is -0.311. The van der Waals surface area contributed by atoms with Gasteiger partial charge in [-0.1, -0.05) is 12.1 Å². The number of hydrogen-bond acceptors (Lipinski definition) is 3. The molecule has 29 heavy (non-hydrogen) atoms. The summed E-state index contributed by atoms with van der Waals surface area (Å²) in [7, 11) is 0. The number of benzene rings is 2. The maximum Gasteiger partial charge on any atom is 0.254 e. The van der Waals surface area contributed by atoms with Crippen LogP contribution < -0.4 is 5.32 Å². The number of halogens is 1. The normalized spacial score (nSPS) is 10.8. The molecule has 0 fully saturated rings. The summed E-state index contributed by atoms with van der Waals surface area (Å²) < 4.78 is 16.5. The van der Waals surface area contributed by atoms with Crippen LogP contribution in [-0.4, -0.2) is 32.0 Å². The van der Waals surface area contributed by atoms with Crippen LogP contribution in [-0.2, 0) is 6.42 Å². The Hall–Kier alpha value is -3.74. The fraction of sp³-hybridized carbons (Fsp3) is 0.136. The molecular weight excluding hydrogens is 369 g/mol. The molecule has 7 heteroatoms. The maximum atomic E-state index is 13.1. The number of carbonyl (C=O) groups is 1. The minimum Gasteiger partial charge on any atom is -0.352 e. The van der Waals surface area contributed by atoms with Crippen molar-refractivity contribution in [3.63, 3.8) is 0 Å². The fourth-order valence-corrected chi connectivity index (χ4v) is 3.13. The summed E-state index contributed by atoms with van der Waals surface area (Å²) >= 11 is 0. The van der Waals surface area contributed by atoms with Crippen molar-refractivity contribution in [2.24, 2.45) is 0 Å². The van der Waals surface area contributed by atoms with Gasteiger partial charge in [-0.15, -0.1) is 0 Å². The van der Waals surface area contributed by atoms with Crippen LogP contribution in [0, 0.1) is 12.7 Å². The van der Waals surface area contributed by atoms with Crippen molar-refractivity contribution >= 4 is 5.91 Å². The van der Waals surface area contributed by atoms with Crippen molar-refractivity contribution < 1.29 is 9.18 Å². The first-order valence-electron chi connectivity index (χ1n) is 9.29. The molecule has 6 nitrogen and oxygen atoms in total. The number of carbonyl (C=O) groups excluding carboxylic acids is 1. The van der Waals surface area contributed by atoms with Crippen molar-refractivity contribution in [3.05, 3.63) is 95.8 Å². The third-order valence-corrected chi connectivity index (χ3v) is 4.73. The monoisotopic (exact) mass is 389 g/mol. The van der Waals surface area contributed by atoms with Gasteiger partial charge in [-0.05, 0) is 61.4 Å². The first-order chi connectivity index (χ1) is 14.1. The Labute approximate surface area is 167 Å². The molecule has 1 N–H and O–H groups in total. The van der Waals surface area contributed by atoms with Gasteiger partial charge >= 0.3 is 0 Å². The lowest BCUT2D eigenvalue weighted by Crippen LogP contribution is -2.26. The van der Waals surface area contributed by atoms with E-state index in [2.05, 4.69) is 15.5 Å². The Bertz CT molecular complexity index is 1100. The third kappa shape index (κ3) is 4.08. The molecule has 0 saturated carbocycles. The molecule has 0 saturated heterocycles. The maximum absolute atomic E-state index is 13.1.